The number of nitrogens with zero attached hydrogens (tertiary/aromatic N) is 1. The van der Waals surface area contributed by atoms with E-state index >= 15 is 0 Å². The van der Waals surface area contributed by atoms with Gasteiger partial charge in [0.1, 0.15) is 0 Å². The zero-order valence-corrected chi connectivity index (χ0v) is 19.1. The fourth-order valence-corrected chi connectivity index (χ4v) is 4.62. The fourth-order valence-electron chi connectivity index (χ4n) is 3.69. The van der Waals surface area contributed by atoms with Crippen LogP contribution in [0.2, 0.25) is 5.02 Å². The van der Waals surface area contributed by atoms with E-state index in [4.69, 9.17) is 11.6 Å². The number of halogens is 4. The Balaban J connectivity index is 1.47. The van der Waals surface area contributed by atoms with Crippen molar-refractivity contribution in [2.75, 3.05) is 25.0 Å². The molecule has 0 saturated carbocycles. The van der Waals surface area contributed by atoms with Crippen LogP contribution in [0.5, 0.6) is 0 Å². The van der Waals surface area contributed by atoms with Gasteiger partial charge in [-0.3, -0.25) is 14.5 Å². The van der Waals surface area contributed by atoms with Crippen molar-refractivity contribution in [1.82, 2.24) is 10.2 Å². The molecule has 5 nitrogen and oxygen atoms in total. The van der Waals surface area contributed by atoms with Crippen LogP contribution >= 0.6 is 22.9 Å². The summed E-state index contributed by atoms with van der Waals surface area (Å²) in [6.07, 6.45) is -2.54. The number of amides is 2. The third-order valence-electron chi connectivity index (χ3n) is 5.62. The molecule has 174 valence electrons. The van der Waals surface area contributed by atoms with Crippen molar-refractivity contribution in [3.63, 3.8) is 0 Å². The van der Waals surface area contributed by atoms with E-state index in [-0.39, 0.29) is 17.5 Å². The molecule has 1 aliphatic heterocycles. The molecule has 0 aliphatic carbocycles. The summed E-state index contributed by atoms with van der Waals surface area (Å²) in [5, 5.41) is 7.10. The van der Waals surface area contributed by atoms with Crippen LogP contribution in [0.1, 0.15) is 30.2 Å². The monoisotopic (exact) mass is 487 g/mol. The van der Waals surface area contributed by atoms with Gasteiger partial charge in [0.2, 0.25) is 11.8 Å². The smallest absolute Gasteiger partial charge is 0.355 e. The molecular formula is C22H25ClF3N3O2S. The number of nitrogens with one attached hydrogen (secondary N) is 2. The molecule has 2 aromatic rings. The molecule has 10 heteroatoms. The van der Waals surface area contributed by atoms with Gasteiger partial charge in [0, 0.05) is 23.0 Å². The molecule has 2 amide bonds. The summed E-state index contributed by atoms with van der Waals surface area (Å²) in [6, 6.07) is 6.78. The quantitative estimate of drug-likeness (QED) is 0.588. The van der Waals surface area contributed by atoms with Gasteiger partial charge in [-0.25, -0.2) is 0 Å². The third kappa shape index (κ3) is 6.46. The zero-order valence-electron chi connectivity index (χ0n) is 17.5. The van der Waals surface area contributed by atoms with E-state index in [0.717, 1.165) is 18.6 Å². The Hall–Kier alpha value is -2.10. The predicted octanol–water partition coefficient (Wildman–Crippen LogP) is 4.82. The lowest BCUT2D eigenvalue weighted by molar-refractivity contribution is -0.137. The van der Waals surface area contributed by atoms with Gasteiger partial charge in [0.25, 0.3) is 0 Å². The first-order valence-corrected chi connectivity index (χ1v) is 11.6. The molecule has 1 saturated heterocycles. The van der Waals surface area contributed by atoms with Crippen LogP contribution in [0.3, 0.4) is 0 Å². The second-order valence-electron chi connectivity index (χ2n) is 7.79. The number of rotatable bonds is 7. The second-order valence-corrected chi connectivity index (χ2v) is 9.23. The summed E-state index contributed by atoms with van der Waals surface area (Å²) in [6.45, 7) is 3.43. The Labute approximate surface area is 193 Å². The number of piperidine rings is 1. The number of alkyl halides is 3. The van der Waals surface area contributed by atoms with Crippen molar-refractivity contribution in [3.8, 4) is 0 Å². The first kappa shape index (κ1) is 24.5. The lowest BCUT2D eigenvalue weighted by Gasteiger charge is -2.34. The first-order chi connectivity index (χ1) is 15.1. The maximum atomic E-state index is 13.0. The van der Waals surface area contributed by atoms with Gasteiger partial charge in [-0.15, -0.1) is 11.3 Å². The largest absolute Gasteiger partial charge is 0.417 e. The molecule has 3 rings (SSSR count). The number of hydrogen-bond donors (Lipinski definition) is 2. The van der Waals surface area contributed by atoms with E-state index in [1.807, 2.05) is 22.4 Å². The minimum Gasteiger partial charge on any atom is -0.355 e. The van der Waals surface area contributed by atoms with Gasteiger partial charge in [-0.2, -0.15) is 13.2 Å². The summed E-state index contributed by atoms with van der Waals surface area (Å²) < 4.78 is 39.1. The maximum Gasteiger partial charge on any atom is 0.417 e. The lowest BCUT2D eigenvalue weighted by atomic mass is 9.95. The molecule has 2 heterocycles. The van der Waals surface area contributed by atoms with E-state index in [1.54, 1.807) is 18.3 Å². The van der Waals surface area contributed by atoms with Crippen molar-refractivity contribution in [2.24, 2.45) is 5.92 Å². The SMILES string of the molecule is CC(C(=O)Nc1ccc(Cl)c(C(F)(F)F)c1)N1CCC(C(=O)NCCc2cccs2)CC1. The Morgan fingerprint density at radius 2 is 1.97 bits per heavy atom. The highest BCUT2D eigenvalue weighted by molar-refractivity contribution is 7.09. The Kier molecular flexibility index (Phi) is 8.19. The Morgan fingerprint density at radius 3 is 2.59 bits per heavy atom. The first-order valence-electron chi connectivity index (χ1n) is 10.4. The van der Waals surface area contributed by atoms with Crippen LogP contribution in [0.15, 0.2) is 35.7 Å². The van der Waals surface area contributed by atoms with Crippen molar-refractivity contribution in [3.05, 3.63) is 51.2 Å². The minimum absolute atomic E-state index is 0.0270. The highest BCUT2D eigenvalue weighted by Gasteiger charge is 2.34. The normalized spacial score (nSPS) is 16.5. The summed E-state index contributed by atoms with van der Waals surface area (Å²) >= 11 is 7.29. The van der Waals surface area contributed by atoms with E-state index in [9.17, 15) is 22.8 Å². The van der Waals surface area contributed by atoms with Gasteiger partial charge in [0.05, 0.1) is 16.6 Å². The minimum atomic E-state index is -4.60. The molecule has 1 aromatic carbocycles. The predicted molar refractivity (Wildman–Crippen MR) is 120 cm³/mol. The fraction of sp³-hybridized carbons (Fsp3) is 0.455. The molecule has 32 heavy (non-hydrogen) atoms. The number of anilines is 1. The average Bonchev–Trinajstić information content (AvgIpc) is 3.27. The highest BCUT2D eigenvalue weighted by Crippen LogP contribution is 2.36. The molecule has 2 N–H and O–H groups in total. The summed E-state index contributed by atoms with van der Waals surface area (Å²) in [7, 11) is 0. The molecule has 0 spiro atoms. The van der Waals surface area contributed by atoms with Gasteiger partial charge in [-0.05, 0) is 68.9 Å². The summed E-state index contributed by atoms with van der Waals surface area (Å²) in [4.78, 5) is 28.2. The van der Waals surface area contributed by atoms with Crippen LogP contribution in [-0.2, 0) is 22.2 Å². The van der Waals surface area contributed by atoms with E-state index < -0.39 is 28.7 Å². The zero-order chi connectivity index (χ0) is 23.3. The van der Waals surface area contributed by atoms with Crippen LogP contribution in [0.25, 0.3) is 0 Å². The van der Waals surface area contributed by atoms with Gasteiger partial charge in [-0.1, -0.05) is 17.7 Å². The Bertz CT molecular complexity index is 929. The molecular weight excluding hydrogens is 463 g/mol. The van der Waals surface area contributed by atoms with Crippen molar-refractivity contribution >= 4 is 40.4 Å². The highest BCUT2D eigenvalue weighted by atomic mass is 35.5. The van der Waals surface area contributed by atoms with Crippen LogP contribution in [-0.4, -0.2) is 42.4 Å². The van der Waals surface area contributed by atoms with Gasteiger partial charge >= 0.3 is 6.18 Å². The van der Waals surface area contributed by atoms with E-state index in [0.29, 0.717) is 32.5 Å². The number of thiophene rings is 1. The van der Waals surface area contributed by atoms with Crippen LogP contribution in [0.4, 0.5) is 18.9 Å². The molecule has 1 atom stereocenters. The molecule has 1 aromatic heterocycles. The van der Waals surface area contributed by atoms with Crippen molar-refractivity contribution < 1.29 is 22.8 Å². The standard InChI is InChI=1S/C22H25ClF3N3O2S/c1-14(20(30)28-16-4-5-19(23)18(13-16)22(24,25)26)29-10-7-15(8-11-29)21(31)27-9-6-17-3-2-12-32-17/h2-5,12-15H,6-11H2,1H3,(H,27,31)(H,28,30). The Morgan fingerprint density at radius 1 is 1.25 bits per heavy atom. The average molecular weight is 488 g/mol. The summed E-state index contributed by atoms with van der Waals surface area (Å²) in [5.74, 6) is -0.478. The van der Waals surface area contributed by atoms with Gasteiger partial charge < -0.3 is 10.6 Å². The van der Waals surface area contributed by atoms with Crippen molar-refractivity contribution in [2.45, 2.75) is 38.4 Å². The molecule has 1 fully saturated rings. The van der Waals surface area contributed by atoms with Gasteiger partial charge in [0.15, 0.2) is 0 Å². The molecule has 1 aliphatic rings. The molecule has 0 radical (unpaired) electrons. The second kappa shape index (κ2) is 10.7. The van der Waals surface area contributed by atoms with Crippen molar-refractivity contribution in [1.29, 1.82) is 0 Å². The van der Waals surface area contributed by atoms with Crippen LogP contribution < -0.4 is 10.6 Å². The number of likely N-dealkylation sites (tertiary alicyclic amines) is 1. The number of carbonyl (C=O) groups is 2. The molecule has 0 bridgehead atoms. The number of carbonyl (C=O) groups excluding carboxylic acids is 2. The lowest BCUT2D eigenvalue weighted by Crippen LogP contribution is -2.48. The van der Waals surface area contributed by atoms with Crippen LogP contribution in [0, 0.1) is 5.92 Å². The van der Waals surface area contributed by atoms with E-state index in [2.05, 4.69) is 10.6 Å². The number of benzene rings is 1. The molecule has 1 unspecified atom stereocenters. The maximum absolute atomic E-state index is 13.0. The van der Waals surface area contributed by atoms with E-state index in [1.165, 1.54) is 10.9 Å². The summed E-state index contributed by atoms with van der Waals surface area (Å²) in [5.41, 5.74) is -0.950. The third-order valence-corrected chi connectivity index (χ3v) is 6.88. The topological polar surface area (TPSA) is 61.4 Å². The number of hydrogen-bond acceptors (Lipinski definition) is 4.